The number of para-hydroxylation sites is 1. The molecule has 0 aliphatic heterocycles. The average Bonchev–Trinajstić information content (AvgIpc) is 3.83. The van der Waals surface area contributed by atoms with E-state index >= 15 is 0 Å². The minimum atomic E-state index is -0.157. The summed E-state index contributed by atoms with van der Waals surface area (Å²) in [5.74, 6) is 1.86. The first-order chi connectivity index (χ1) is 26.0. The van der Waals surface area contributed by atoms with Crippen molar-refractivity contribution in [3.05, 3.63) is 169 Å². The Balaban J connectivity index is 1.09. The van der Waals surface area contributed by atoms with Crippen LogP contribution < -0.4 is 0 Å². The van der Waals surface area contributed by atoms with E-state index in [1.165, 1.54) is 44.1 Å². The zero-order chi connectivity index (χ0) is 35.3. The number of aromatic nitrogens is 4. The molecule has 0 saturated heterocycles. The maximum atomic E-state index is 6.56. The Morgan fingerprint density at radius 3 is 1.87 bits per heavy atom. The Hall–Kier alpha value is -6.85. The first kappa shape index (κ1) is 29.8. The lowest BCUT2D eigenvalue weighted by Crippen LogP contribution is -2.16. The molecule has 10 aromatic rings. The van der Waals surface area contributed by atoms with Gasteiger partial charge < -0.3 is 8.98 Å². The number of hydrogen-bond donors (Lipinski definition) is 0. The lowest BCUT2D eigenvalue weighted by atomic mass is 9.81. The third-order valence-corrected chi connectivity index (χ3v) is 11.0. The minimum absolute atomic E-state index is 0.157. The van der Waals surface area contributed by atoms with E-state index < -0.39 is 0 Å². The lowest BCUT2D eigenvalue weighted by Gasteiger charge is -2.23. The van der Waals surface area contributed by atoms with Gasteiger partial charge in [-0.3, -0.25) is 0 Å². The monoisotopic (exact) mass is 680 g/mol. The van der Waals surface area contributed by atoms with E-state index in [-0.39, 0.29) is 5.41 Å². The van der Waals surface area contributed by atoms with Gasteiger partial charge in [-0.15, -0.1) is 0 Å². The van der Waals surface area contributed by atoms with Crippen LogP contribution in [-0.4, -0.2) is 19.5 Å². The standard InChI is InChI=1S/C48H32N4O/c1-48(2)39-19-11-9-17-33(39)36-24-25-37-34-18-10-12-20-40(34)52(44(37)43(36)48)32-22-26-41-38(28-32)35-23-21-31(27-42(35)53-41)47-50-45(29-13-5-3-6-14-29)49-46(51-47)30-15-7-4-8-16-30/h3-28H,1-2H3. The van der Waals surface area contributed by atoms with Crippen molar-refractivity contribution in [2.75, 3.05) is 0 Å². The first-order valence-electron chi connectivity index (χ1n) is 18.0. The number of nitrogens with zero attached hydrogens (tertiary/aromatic N) is 4. The molecule has 5 heteroatoms. The van der Waals surface area contributed by atoms with Crippen molar-refractivity contribution in [3.63, 3.8) is 0 Å². The molecular weight excluding hydrogens is 649 g/mol. The van der Waals surface area contributed by atoms with Crippen LogP contribution in [0.2, 0.25) is 0 Å². The Kier molecular flexibility index (Phi) is 6.23. The van der Waals surface area contributed by atoms with Gasteiger partial charge in [0, 0.05) is 49.3 Å². The quantitative estimate of drug-likeness (QED) is 0.186. The van der Waals surface area contributed by atoms with Crippen LogP contribution in [0.25, 0.3) is 94.7 Å². The van der Waals surface area contributed by atoms with E-state index in [1.54, 1.807) is 0 Å². The highest BCUT2D eigenvalue weighted by molar-refractivity contribution is 6.14. The molecule has 5 nitrogen and oxygen atoms in total. The van der Waals surface area contributed by atoms with Gasteiger partial charge >= 0.3 is 0 Å². The second-order valence-electron chi connectivity index (χ2n) is 14.4. The summed E-state index contributed by atoms with van der Waals surface area (Å²) >= 11 is 0. The molecule has 1 aliphatic carbocycles. The normalized spacial score (nSPS) is 13.2. The molecule has 11 rings (SSSR count). The summed E-state index contributed by atoms with van der Waals surface area (Å²) in [6.45, 7) is 4.73. The molecule has 0 unspecified atom stereocenters. The molecule has 3 heterocycles. The van der Waals surface area contributed by atoms with Crippen LogP contribution >= 0.6 is 0 Å². The summed E-state index contributed by atoms with van der Waals surface area (Å²) in [5, 5.41) is 4.63. The van der Waals surface area contributed by atoms with Crippen LogP contribution in [0.3, 0.4) is 0 Å². The SMILES string of the molecule is CC1(C)c2ccccc2-c2ccc3c4ccccc4n(-c4ccc5oc6cc(-c7nc(-c8ccccc8)nc(-c8ccccc8)n7)ccc6c5c4)c3c21. The highest BCUT2D eigenvalue weighted by atomic mass is 16.3. The zero-order valence-electron chi connectivity index (χ0n) is 29.2. The summed E-state index contributed by atoms with van der Waals surface area (Å²) < 4.78 is 9.02. The molecule has 53 heavy (non-hydrogen) atoms. The van der Waals surface area contributed by atoms with Gasteiger partial charge in [0.1, 0.15) is 11.2 Å². The molecule has 3 aromatic heterocycles. The lowest BCUT2D eigenvalue weighted by molar-refractivity contribution is 0.663. The fourth-order valence-corrected chi connectivity index (χ4v) is 8.56. The van der Waals surface area contributed by atoms with E-state index in [9.17, 15) is 0 Å². The summed E-state index contributed by atoms with van der Waals surface area (Å²) in [6, 6.07) is 55.2. The summed E-state index contributed by atoms with van der Waals surface area (Å²) in [5.41, 5.74) is 13.2. The van der Waals surface area contributed by atoms with E-state index in [0.717, 1.165) is 44.3 Å². The van der Waals surface area contributed by atoms with Crippen molar-refractivity contribution < 1.29 is 4.42 Å². The predicted molar refractivity (Wildman–Crippen MR) is 215 cm³/mol. The fraction of sp³-hybridized carbons (Fsp3) is 0.0625. The molecule has 1 aliphatic rings. The number of rotatable bonds is 4. The average molecular weight is 681 g/mol. The van der Waals surface area contributed by atoms with Gasteiger partial charge in [-0.05, 0) is 58.7 Å². The third-order valence-electron chi connectivity index (χ3n) is 11.0. The Morgan fingerprint density at radius 1 is 0.472 bits per heavy atom. The van der Waals surface area contributed by atoms with Gasteiger partial charge in [-0.1, -0.05) is 135 Å². The molecule has 7 aromatic carbocycles. The summed E-state index contributed by atoms with van der Waals surface area (Å²) in [4.78, 5) is 14.8. The van der Waals surface area contributed by atoms with Crippen molar-refractivity contribution in [2.24, 2.45) is 0 Å². The van der Waals surface area contributed by atoms with Gasteiger partial charge in [0.15, 0.2) is 17.5 Å². The second-order valence-corrected chi connectivity index (χ2v) is 14.4. The summed E-state index contributed by atoms with van der Waals surface area (Å²) in [6.07, 6.45) is 0. The molecule has 0 N–H and O–H groups in total. The molecule has 0 radical (unpaired) electrons. The van der Waals surface area contributed by atoms with Crippen LogP contribution in [0, 0.1) is 0 Å². The fourth-order valence-electron chi connectivity index (χ4n) is 8.56. The first-order valence-corrected chi connectivity index (χ1v) is 18.0. The van der Waals surface area contributed by atoms with Gasteiger partial charge in [-0.2, -0.15) is 0 Å². The van der Waals surface area contributed by atoms with Gasteiger partial charge in [-0.25, -0.2) is 15.0 Å². The van der Waals surface area contributed by atoms with Gasteiger partial charge in [0.05, 0.1) is 11.0 Å². The van der Waals surface area contributed by atoms with E-state index in [0.29, 0.717) is 17.5 Å². The molecular formula is C48H32N4O. The molecule has 0 fully saturated rings. The molecule has 250 valence electrons. The highest BCUT2D eigenvalue weighted by Gasteiger charge is 2.38. The topological polar surface area (TPSA) is 56.7 Å². The minimum Gasteiger partial charge on any atom is -0.456 e. The predicted octanol–water partition coefficient (Wildman–Crippen LogP) is 12.2. The Labute approximate surface area is 305 Å². The Morgan fingerprint density at radius 2 is 1.11 bits per heavy atom. The van der Waals surface area contributed by atoms with E-state index in [2.05, 4.69) is 115 Å². The third kappa shape index (κ3) is 4.40. The molecule has 0 atom stereocenters. The zero-order valence-corrected chi connectivity index (χ0v) is 29.2. The van der Waals surface area contributed by atoms with Crippen molar-refractivity contribution in [3.8, 4) is 51.0 Å². The van der Waals surface area contributed by atoms with Crippen LogP contribution in [0.1, 0.15) is 25.0 Å². The largest absolute Gasteiger partial charge is 0.456 e. The maximum absolute atomic E-state index is 6.56. The summed E-state index contributed by atoms with van der Waals surface area (Å²) in [7, 11) is 0. The van der Waals surface area contributed by atoms with Crippen molar-refractivity contribution in [1.29, 1.82) is 0 Å². The highest BCUT2D eigenvalue weighted by Crippen LogP contribution is 2.53. The Bertz CT molecular complexity index is 3020. The number of hydrogen-bond acceptors (Lipinski definition) is 4. The van der Waals surface area contributed by atoms with Gasteiger partial charge in [0.25, 0.3) is 0 Å². The second kappa shape index (κ2) is 11.1. The number of fused-ring (bicyclic) bond motifs is 10. The van der Waals surface area contributed by atoms with Crippen LogP contribution in [0.4, 0.5) is 0 Å². The van der Waals surface area contributed by atoms with Crippen LogP contribution in [-0.2, 0) is 5.41 Å². The van der Waals surface area contributed by atoms with Crippen LogP contribution in [0.15, 0.2) is 162 Å². The number of benzene rings is 7. The molecule has 0 saturated carbocycles. The van der Waals surface area contributed by atoms with E-state index in [4.69, 9.17) is 19.4 Å². The van der Waals surface area contributed by atoms with Crippen molar-refractivity contribution >= 4 is 43.7 Å². The van der Waals surface area contributed by atoms with Gasteiger partial charge in [0.2, 0.25) is 0 Å². The number of furan rings is 1. The molecule has 0 spiro atoms. The molecule has 0 amide bonds. The molecule has 0 bridgehead atoms. The van der Waals surface area contributed by atoms with Crippen LogP contribution in [0.5, 0.6) is 0 Å². The smallest absolute Gasteiger partial charge is 0.164 e. The van der Waals surface area contributed by atoms with Crippen molar-refractivity contribution in [2.45, 2.75) is 19.3 Å². The van der Waals surface area contributed by atoms with Crippen molar-refractivity contribution in [1.82, 2.24) is 19.5 Å². The van der Waals surface area contributed by atoms with E-state index in [1.807, 2.05) is 60.7 Å². The maximum Gasteiger partial charge on any atom is 0.164 e.